The number of hydrogen-bond acceptors (Lipinski definition) is 5. The van der Waals surface area contributed by atoms with Gasteiger partial charge in [-0.1, -0.05) is 6.92 Å². The summed E-state index contributed by atoms with van der Waals surface area (Å²) in [5.41, 5.74) is 0.359. The van der Waals surface area contributed by atoms with E-state index in [0.717, 1.165) is 6.54 Å². The fraction of sp³-hybridized carbons (Fsp3) is 0.643. The van der Waals surface area contributed by atoms with Gasteiger partial charge in [-0.05, 0) is 31.8 Å². The lowest BCUT2D eigenvalue weighted by atomic mass is 10.1. The Bertz CT molecular complexity index is 428. The van der Waals surface area contributed by atoms with E-state index >= 15 is 0 Å². The van der Waals surface area contributed by atoms with Crippen molar-refractivity contribution in [2.24, 2.45) is 5.92 Å². The molecule has 0 aliphatic carbocycles. The number of amides is 1. The van der Waals surface area contributed by atoms with Crippen LogP contribution in [0.1, 0.15) is 30.3 Å². The fourth-order valence-corrected chi connectivity index (χ4v) is 2.40. The van der Waals surface area contributed by atoms with Crippen LogP contribution in [0.5, 0.6) is 0 Å². The summed E-state index contributed by atoms with van der Waals surface area (Å²) in [7, 11) is 1.77. The molecule has 110 valence electrons. The maximum absolute atomic E-state index is 11.9. The van der Waals surface area contributed by atoms with Crippen molar-refractivity contribution in [3.05, 3.63) is 18.1 Å². The molecule has 1 aliphatic heterocycles. The van der Waals surface area contributed by atoms with E-state index in [1.165, 1.54) is 32.1 Å². The van der Waals surface area contributed by atoms with Crippen molar-refractivity contribution in [1.82, 2.24) is 20.2 Å². The molecule has 1 fully saturated rings. The van der Waals surface area contributed by atoms with Crippen LogP contribution in [0.4, 0.5) is 5.82 Å². The van der Waals surface area contributed by atoms with E-state index in [0.29, 0.717) is 24.0 Å². The van der Waals surface area contributed by atoms with Crippen molar-refractivity contribution >= 4 is 11.7 Å². The highest BCUT2D eigenvalue weighted by Crippen LogP contribution is 2.09. The van der Waals surface area contributed by atoms with Gasteiger partial charge in [0.2, 0.25) is 0 Å². The lowest BCUT2D eigenvalue weighted by Gasteiger charge is -2.20. The average Bonchev–Trinajstić information content (AvgIpc) is 2.97. The van der Waals surface area contributed by atoms with Crippen molar-refractivity contribution in [2.45, 2.75) is 19.8 Å². The molecule has 0 bridgehead atoms. The lowest BCUT2D eigenvalue weighted by Crippen LogP contribution is -2.34. The molecule has 1 atom stereocenters. The van der Waals surface area contributed by atoms with E-state index in [2.05, 4.69) is 32.4 Å². The van der Waals surface area contributed by atoms with Crippen molar-refractivity contribution in [1.29, 1.82) is 0 Å². The highest BCUT2D eigenvalue weighted by atomic mass is 16.1. The normalized spacial score (nSPS) is 16.9. The number of carbonyl (C=O) groups excluding carboxylic acids is 1. The van der Waals surface area contributed by atoms with Gasteiger partial charge in [0.15, 0.2) is 0 Å². The Balaban J connectivity index is 1.75. The molecule has 6 nitrogen and oxygen atoms in total. The van der Waals surface area contributed by atoms with Crippen LogP contribution in [-0.4, -0.2) is 54.0 Å². The van der Waals surface area contributed by atoms with Crippen molar-refractivity contribution in [2.75, 3.05) is 38.5 Å². The largest absolute Gasteiger partial charge is 0.372 e. The van der Waals surface area contributed by atoms with Crippen molar-refractivity contribution < 1.29 is 4.79 Å². The molecule has 20 heavy (non-hydrogen) atoms. The van der Waals surface area contributed by atoms with Gasteiger partial charge in [0.25, 0.3) is 5.91 Å². The van der Waals surface area contributed by atoms with E-state index in [9.17, 15) is 4.79 Å². The maximum Gasteiger partial charge on any atom is 0.271 e. The summed E-state index contributed by atoms with van der Waals surface area (Å²) >= 11 is 0. The lowest BCUT2D eigenvalue weighted by molar-refractivity contribution is 0.0939. The predicted molar refractivity (Wildman–Crippen MR) is 78.7 cm³/mol. The molecule has 1 amide bonds. The minimum Gasteiger partial charge on any atom is -0.372 e. The molecule has 1 aromatic heterocycles. The second kappa shape index (κ2) is 7.19. The number of aromatic nitrogens is 2. The minimum absolute atomic E-state index is 0.159. The average molecular weight is 277 g/mol. The Morgan fingerprint density at radius 3 is 2.70 bits per heavy atom. The smallest absolute Gasteiger partial charge is 0.271 e. The fourth-order valence-electron chi connectivity index (χ4n) is 2.40. The maximum atomic E-state index is 11.9. The Labute approximate surface area is 120 Å². The van der Waals surface area contributed by atoms with Crippen LogP contribution in [0.15, 0.2) is 12.4 Å². The summed E-state index contributed by atoms with van der Waals surface area (Å²) in [5.74, 6) is 0.943. The molecule has 1 saturated heterocycles. The molecular weight excluding hydrogens is 254 g/mol. The highest BCUT2D eigenvalue weighted by molar-refractivity contribution is 5.91. The van der Waals surface area contributed by atoms with Gasteiger partial charge in [-0.2, -0.15) is 0 Å². The summed E-state index contributed by atoms with van der Waals surface area (Å²) in [6.45, 7) is 6.26. The minimum atomic E-state index is -0.159. The summed E-state index contributed by atoms with van der Waals surface area (Å²) in [5, 5.41) is 5.79. The van der Waals surface area contributed by atoms with E-state index < -0.39 is 0 Å². The zero-order valence-corrected chi connectivity index (χ0v) is 12.2. The Morgan fingerprint density at radius 2 is 2.10 bits per heavy atom. The van der Waals surface area contributed by atoms with Crippen molar-refractivity contribution in [3.8, 4) is 0 Å². The molecule has 1 unspecified atom stereocenters. The molecule has 6 heteroatoms. The van der Waals surface area contributed by atoms with Gasteiger partial charge in [0.05, 0.1) is 12.4 Å². The number of nitrogens with zero attached hydrogens (tertiary/aromatic N) is 3. The first-order valence-corrected chi connectivity index (χ1v) is 7.19. The third kappa shape index (κ3) is 4.16. The summed E-state index contributed by atoms with van der Waals surface area (Å²) in [6.07, 6.45) is 5.65. The number of hydrogen-bond donors (Lipinski definition) is 2. The second-order valence-electron chi connectivity index (χ2n) is 5.36. The van der Waals surface area contributed by atoms with E-state index in [1.807, 2.05) is 0 Å². The quantitative estimate of drug-likeness (QED) is 0.811. The van der Waals surface area contributed by atoms with Gasteiger partial charge < -0.3 is 15.5 Å². The first kappa shape index (κ1) is 14.7. The van der Waals surface area contributed by atoms with Crippen LogP contribution in [-0.2, 0) is 0 Å². The van der Waals surface area contributed by atoms with E-state index in [4.69, 9.17) is 0 Å². The van der Waals surface area contributed by atoms with E-state index in [1.54, 1.807) is 13.2 Å². The Kier molecular flexibility index (Phi) is 5.29. The molecular formula is C14H23N5O. The van der Waals surface area contributed by atoms with Gasteiger partial charge in [-0.3, -0.25) is 4.79 Å². The number of rotatable bonds is 6. The predicted octanol–water partition coefficient (Wildman–Crippen LogP) is 0.980. The molecule has 0 spiro atoms. The highest BCUT2D eigenvalue weighted by Gasteiger charge is 2.15. The molecule has 1 aliphatic rings. The number of likely N-dealkylation sites (tertiary alicyclic amines) is 1. The van der Waals surface area contributed by atoms with Crippen LogP contribution in [0.3, 0.4) is 0 Å². The van der Waals surface area contributed by atoms with Crippen LogP contribution in [0.25, 0.3) is 0 Å². The zero-order valence-electron chi connectivity index (χ0n) is 12.2. The first-order chi connectivity index (χ1) is 9.69. The number of anilines is 1. The SMILES string of the molecule is CNc1cnc(C(=O)NCC(C)CN2CCCC2)cn1. The van der Waals surface area contributed by atoms with Gasteiger partial charge in [-0.15, -0.1) is 0 Å². The summed E-state index contributed by atoms with van der Waals surface area (Å²) < 4.78 is 0. The van der Waals surface area contributed by atoms with E-state index in [-0.39, 0.29) is 5.91 Å². The van der Waals surface area contributed by atoms with Gasteiger partial charge >= 0.3 is 0 Å². The monoisotopic (exact) mass is 277 g/mol. The van der Waals surface area contributed by atoms with Gasteiger partial charge in [-0.25, -0.2) is 9.97 Å². The standard InChI is InChI=1S/C14H23N5O/c1-11(10-19-5-3-4-6-19)7-18-14(20)12-8-17-13(15-2)9-16-12/h8-9,11H,3-7,10H2,1-2H3,(H,15,17)(H,18,20). The Hall–Kier alpha value is -1.69. The number of nitrogens with one attached hydrogen (secondary N) is 2. The van der Waals surface area contributed by atoms with Gasteiger partial charge in [0, 0.05) is 20.1 Å². The Morgan fingerprint density at radius 1 is 1.35 bits per heavy atom. The van der Waals surface area contributed by atoms with Crippen molar-refractivity contribution in [3.63, 3.8) is 0 Å². The molecule has 1 aromatic rings. The summed E-state index contributed by atoms with van der Waals surface area (Å²) in [6, 6.07) is 0. The zero-order chi connectivity index (χ0) is 14.4. The third-order valence-corrected chi connectivity index (χ3v) is 3.52. The second-order valence-corrected chi connectivity index (χ2v) is 5.36. The topological polar surface area (TPSA) is 70.2 Å². The third-order valence-electron chi connectivity index (χ3n) is 3.52. The van der Waals surface area contributed by atoms with Gasteiger partial charge in [0.1, 0.15) is 11.5 Å². The molecule has 2 N–H and O–H groups in total. The summed E-state index contributed by atoms with van der Waals surface area (Å²) in [4.78, 5) is 22.6. The molecule has 0 radical (unpaired) electrons. The van der Waals surface area contributed by atoms with Crippen LogP contribution < -0.4 is 10.6 Å². The first-order valence-electron chi connectivity index (χ1n) is 7.19. The van der Waals surface area contributed by atoms with Crippen LogP contribution in [0, 0.1) is 5.92 Å². The molecule has 2 heterocycles. The van der Waals surface area contributed by atoms with Crippen LogP contribution in [0.2, 0.25) is 0 Å². The molecule has 0 saturated carbocycles. The molecule has 2 rings (SSSR count). The number of carbonyl (C=O) groups is 1. The van der Waals surface area contributed by atoms with Crippen LogP contribution >= 0.6 is 0 Å². The molecule has 0 aromatic carbocycles.